The second-order valence-corrected chi connectivity index (χ2v) is 8.96. The lowest BCUT2D eigenvalue weighted by Crippen LogP contribution is -2.10. The summed E-state index contributed by atoms with van der Waals surface area (Å²) in [7, 11) is 0. The molecule has 0 fully saturated rings. The predicted molar refractivity (Wildman–Crippen MR) is 134 cm³/mol. The smallest absolute Gasteiger partial charge is 0.255 e. The summed E-state index contributed by atoms with van der Waals surface area (Å²) in [5, 5.41) is 9.14. The monoisotopic (exact) mass is 413 g/mol. The highest BCUT2D eigenvalue weighted by atomic mass is 16.3. The largest absolute Gasteiger partial charge is 0.371 e. The average Bonchev–Trinajstić information content (AvgIpc) is 3.41. The van der Waals surface area contributed by atoms with E-state index in [2.05, 4.69) is 81.2 Å². The third-order valence-corrected chi connectivity index (χ3v) is 7.32. The van der Waals surface area contributed by atoms with E-state index in [9.17, 15) is 0 Å². The van der Waals surface area contributed by atoms with Crippen LogP contribution in [-0.4, -0.2) is 6.21 Å². The maximum atomic E-state index is 6.83. The normalized spacial score (nSPS) is 14.5. The van der Waals surface area contributed by atoms with E-state index in [0.717, 1.165) is 54.8 Å². The lowest BCUT2D eigenvalue weighted by Gasteiger charge is -2.09. The first-order chi connectivity index (χ1) is 15.5. The predicted octanol–water partition coefficient (Wildman–Crippen LogP) is 6.67. The summed E-state index contributed by atoms with van der Waals surface area (Å²) in [4.78, 5) is 9.66. The average molecular weight is 414 g/mol. The highest BCUT2D eigenvalue weighted by Crippen LogP contribution is 2.39. The molecule has 0 aliphatic carbocycles. The van der Waals surface area contributed by atoms with E-state index in [0.29, 0.717) is 0 Å². The first kappa shape index (κ1) is 17.8. The van der Waals surface area contributed by atoms with Crippen molar-refractivity contribution in [3.8, 4) is 0 Å². The Kier molecular flexibility index (Phi) is 3.27. The summed E-state index contributed by atoms with van der Waals surface area (Å²) in [5.74, 6) is 0. The third kappa shape index (κ3) is 2.04. The highest BCUT2D eigenvalue weighted by molar-refractivity contribution is 6.20. The van der Waals surface area contributed by atoms with E-state index < -0.39 is 0 Å². The topological polar surface area (TPSA) is 36.0 Å². The Hall–Kier alpha value is -3.85. The van der Waals surface area contributed by atoms with E-state index in [-0.39, 0.29) is 0 Å². The standard InChI is InChI=1S/C29H21N2O/c1-14-9-10-19-23-13-22-18-7-5-6-8-20(18)26-21(11-12-30-26)28(22)32-29(23)25-16(3)17(4)31-27(25)24(19)15(14)2/h5-13H,1-4H3/q+1. The van der Waals surface area contributed by atoms with Crippen LogP contribution in [0.3, 0.4) is 0 Å². The van der Waals surface area contributed by atoms with Gasteiger partial charge in [-0.15, -0.1) is 0 Å². The molecule has 1 aromatic heterocycles. The Bertz CT molecular complexity index is 1910. The SMILES string of the molecule is CC1=C(C)c2c(c3c(C)c(C)ccc3c3cc4c([o+]c23)c2c(c3ccccc34)N=CC=2)=N1. The minimum Gasteiger partial charge on any atom is -0.255 e. The summed E-state index contributed by atoms with van der Waals surface area (Å²) in [6.45, 7) is 8.62. The van der Waals surface area contributed by atoms with E-state index >= 15 is 0 Å². The lowest BCUT2D eigenvalue weighted by molar-refractivity contribution is 0.657. The van der Waals surface area contributed by atoms with Crippen LogP contribution in [0.2, 0.25) is 0 Å². The number of benzene rings is 4. The maximum absolute atomic E-state index is 6.83. The van der Waals surface area contributed by atoms with Crippen molar-refractivity contribution >= 4 is 67.0 Å². The highest BCUT2D eigenvalue weighted by Gasteiger charge is 2.29. The van der Waals surface area contributed by atoms with Gasteiger partial charge in [0.25, 0.3) is 0 Å². The van der Waals surface area contributed by atoms with Crippen LogP contribution in [0.1, 0.15) is 30.5 Å². The van der Waals surface area contributed by atoms with Crippen LogP contribution in [0.15, 0.2) is 62.6 Å². The molecule has 0 N–H and O–H groups in total. The van der Waals surface area contributed by atoms with Gasteiger partial charge in [0.2, 0.25) is 0 Å². The van der Waals surface area contributed by atoms with Gasteiger partial charge in [-0.25, -0.2) is 4.42 Å². The molecule has 0 saturated heterocycles. The molecule has 4 aromatic carbocycles. The van der Waals surface area contributed by atoms with Crippen LogP contribution in [0.4, 0.5) is 5.69 Å². The van der Waals surface area contributed by atoms with Crippen LogP contribution < -0.4 is 10.6 Å². The van der Waals surface area contributed by atoms with Gasteiger partial charge in [0, 0.05) is 33.5 Å². The number of allylic oxidation sites excluding steroid dienone is 2. The second-order valence-electron chi connectivity index (χ2n) is 8.96. The number of rotatable bonds is 0. The minimum atomic E-state index is 0.895. The van der Waals surface area contributed by atoms with E-state index in [1.807, 2.05) is 6.21 Å². The number of hydrogen-bond donors (Lipinski definition) is 0. The van der Waals surface area contributed by atoms with Crippen LogP contribution in [0, 0.1) is 13.8 Å². The van der Waals surface area contributed by atoms with Gasteiger partial charge in [0.15, 0.2) is 0 Å². The summed E-state index contributed by atoms with van der Waals surface area (Å²) in [6, 6.07) is 15.2. The zero-order chi connectivity index (χ0) is 21.7. The van der Waals surface area contributed by atoms with E-state index in [1.54, 1.807) is 0 Å². The zero-order valence-electron chi connectivity index (χ0n) is 18.5. The van der Waals surface area contributed by atoms with Gasteiger partial charge in [-0.3, -0.25) is 9.98 Å². The molecule has 2 aliphatic heterocycles. The number of nitrogens with zero attached hydrogens (tertiary/aromatic N) is 2. The molecular formula is C29H21N2O+. The second kappa shape index (κ2) is 5.89. The fraction of sp³-hybridized carbons (Fsp3) is 0.138. The summed E-state index contributed by atoms with van der Waals surface area (Å²) >= 11 is 0. The number of aryl methyl sites for hydroxylation is 2. The molecule has 0 saturated carbocycles. The molecular weight excluding hydrogens is 392 g/mol. The van der Waals surface area contributed by atoms with E-state index in [4.69, 9.17) is 9.41 Å². The fourth-order valence-electron chi connectivity index (χ4n) is 5.40. The van der Waals surface area contributed by atoms with Gasteiger partial charge in [-0.1, -0.05) is 36.4 Å². The zero-order valence-corrected chi connectivity index (χ0v) is 18.5. The lowest BCUT2D eigenvalue weighted by atomic mass is 9.92. The number of hydrogen-bond acceptors (Lipinski definition) is 2. The summed E-state index contributed by atoms with van der Waals surface area (Å²) in [6.07, 6.45) is 3.93. The Labute approximate surface area is 184 Å². The summed E-state index contributed by atoms with van der Waals surface area (Å²) < 4.78 is 6.83. The van der Waals surface area contributed by atoms with Crippen molar-refractivity contribution in [3.63, 3.8) is 0 Å². The number of fused-ring (bicyclic) bond motifs is 12. The van der Waals surface area contributed by atoms with Gasteiger partial charge in [-0.2, -0.15) is 0 Å². The molecule has 152 valence electrons. The summed E-state index contributed by atoms with van der Waals surface area (Å²) in [5.41, 5.74) is 8.74. The van der Waals surface area contributed by atoms with Crippen LogP contribution in [0.25, 0.3) is 55.1 Å². The van der Waals surface area contributed by atoms with Crippen LogP contribution in [-0.2, 0) is 0 Å². The van der Waals surface area contributed by atoms with Gasteiger partial charge in [-0.05, 0) is 56.5 Å². The maximum Gasteiger partial charge on any atom is 0.371 e. The van der Waals surface area contributed by atoms with Crippen molar-refractivity contribution in [2.24, 2.45) is 9.98 Å². The molecule has 0 atom stereocenters. The molecule has 3 nitrogen and oxygen atoms in total. The number of aliphatic imine (C=N–C) groups is 1. The Balaban J connectivity index is 1.83. The van der Waals surface area contributed by atoms with Gasteiger partial charge in [0.05, 0.1) is 21.8 Å². The first-order valence-electron chi connectivity index (χ1n) is 11.0. The van der Waals surface area contributed by atoms with Crippen molar-refractivity contribution < 1.29 is 4.42 Å². The molecule has 0 amide bonds. The van der Waals surface area contributed by atoms with Gasteiger partial charge >= 0.3 is 11.2 Å². The van der Waals surface area contributed by atoms with Crippen molar-refractivity contribution in [1.82, 2.24) is 0 Å². The van der Waals surface area contributed by atoms with E-state index in [1.165, 1.54) is 32.9 Å². The fourth-order valence-corrected chi connectivity index (χ4v) is 5.40. The Morgan fingerprint density at radius 2 is 1.56 bits per heavy atom. The van der Waals surface area contributed by atoms with Gasteiger partial charge < -0.3 is 0 Å². The van der Waals surface area contributed by atoms with Crippen LogP contribution >= 0.6 is 0 Å². The van der Waals surface area contributed by atoms with Crippen molar-refractivity contribution in [2.75, 3.05) is 0 Å². The molecule has 2 aliphatic rings. The van der Waals surface area contributed by atoms with Crippen LogP contribution in [0.5, 0.6) is 0 Å². The molecule has 32 heavy (non-hydrogen) atoms. The molecule has 0 spiro atoms. The quantitative estimate of drug-likeness (QED) is 0.159. The molecule has 0 bridgehead atoms. The molecule has 7 rings (SSSR count). The molecule has 0 unspecified atom stereocenters. The third-order valence-electron chi connectivity index (χ3n) is 7.32. The Morgan fingerprint density at radius 1 is 0.781 bits per heavy atom. The van der Waals surface area contributed by atoms with Gasteiger partial charge in [0.1, 0.15) is 10.8 Å². The Morgan fingerprint density at radius 3 is 2.41 bits per heavy atom. The molecule has 3 heteroatoms. The molecule has 3 heterocycles. The minimum absolute atomic E-state index is 0.895. The first-order valence-corrected chi connectivity index (χ1v) is 11.0. The molecule has 5 aromatic rings. The van der Waals surface area contributed by atoms with Crippen molar-refractivity contribution in [2.45, 2.75) is 27.7 Å². The van der Waals surface area contributed by atoms with Crippen molar-refractivity contribution in [3.05, 3.63) is 75.4 Å². The molecule has 0 radical (unpaired) electrons. The van der Waals surface area contributed by atoms with Crippen molar-refractivity contribution in [1.29, 1.82) is 0 Å².